The van der Waals surface area contributed by atoms with Gasteiger partial charge in [0.25, 0.3) is 0 Å². The molecule has 0 aliphatic rings. The van der Waals surface area contributed by atoms with Gasteiger partial charge in [0.2, 0.25) is 0 Å². The number of aryl methyl sites for hydroxylation is 1. The van der Waals surface area contributed by atoms with Crippen molar-refractivity contribution in [3.05, 3.63) is 29.8 Å². The minimum absolute atomic E-state index is 0.153. The molecule has 1 unspecified atom stereocenters. The van der Waals surface area contributed by atoms with E-state index in [9.17, 15) is 9.32 Å². The van der Waals surface area contributed by atoms with Crippen molar-refractivity contribution in [2.24, 2.45) is 0 Å². The Kier molecular flexibility index (Phi) is 5.31. The van der Waals surface area contributed by atoms with Gasteiger partial charge >= 0.3 is 0 Å². The molecular weight excluding hydrogens is 260 g/mol. The molecule has 0 fully saturated rings. The quantitative estimate of drug-likeness (QED) is 0.843. The predicted molar refractivity (Wildman–Crippen MR) is 81.2 cm³/mol. The maximum Gasteiger partial charge on any atom is 0.0656 e. The third-order valence-electron chi connectivity index (χ3n) is 2.88. The molecule has 0 aliphatic carbocycles. The summed E-state index contributed by atoms with van der Waals surface area (Å²) in [7, 11) is -2.46. The van der Waals surface area contributed by atoms with Crippen molar-refractivity contribution < 1.29 is 9.32 Å². The van der Waals surface area contributed by atoms with Crippen LogP contribution in [0.4, 0.5) is 0 Å². The average molecular weight is 284 g/mol. The van der Waals surface area contributed by atoms with Crippen LogP contribution in [0, 0.1) is 6.92 Å². The summed E-state index contributed by atoms with van der Waals surface area (Å²) in [5, 5.41) is 9.74. The number of benzene rings is 1. The molecule has 4 heteroatoms. The monoisotopic (exact) mass is 284 g/mol. The smallest absolute Gasteiger partial charge is 0.0656 e. The van der Waals surface area contributed by atoms with Gasteiger partial charge in [0.15, 0.2) is 0 Å². The highest BCUT2D eigenvalue weighted by Gasteiger charge is 2.29. The Hall–Kier alpha value is -0.453. The zero-order valence-electron chi connectivity index (χ0n) is 11.9. The molecule has 102 valence electrons. The molecule has 0 heterocycles. The van der Waals surface area contributed by atoms with E-state index in [4.69, 9.17) is 0 Å². The highest BCUT2D eigenvalue weighted by Crippen LogP contribution is 2.23. The molecule has 1 aromatic carbocycles. The van der Waals surface area contributed by atoms with E-state index in [1.807, 2.05) is 31.2 Å². The summed E-state index contributed by atoms with van der Waals surface area (Å²) < 4.78 is 12.5. The maximum absolute atomic E-state index is 12.5. The molecule has 0 aromatic heterocycles. The fourth-order valence-corrected chi connectivity index (χ4v) is 6.64. The van der Waals surface area contributed by atoms with Crippen LogP contribution in [0.1, 0.15) is 12.5 Å². The van der Waals surface area contributed by atoms with E-state index < -0.39 is 25.0 Å². The Labute approximate surface area is 114 Å². The zero-order chi connectivity index (χ0) is 13.9. The SMILES string of the molecule is Cc1ccc(S(=O)[C@@H](C[Si](C)(C)C)[C@@H](C)O)cc1. The molecule has 0 saturated heterocycles. The molecule has 3 atom stereocenters. The molecule has 2 nitrogen and oxygen atoms in total. The topological polar surface area (TPSA) is 37.3 Å². The Balaban J connectivity index is 2.93. The second-order valence-corrected chi connectivity index (χ2v) is 13.4. The van der Waals surface area contributed by atoms with Crippen LogP contribution in [0.2, 0.25) is 25.7 Å². The number of hydrogen-bond donors (Lipinski definition) is 1. The number of aliphatic hydroxyl groups excluding tert-OH is 1. The summed E-state index contributed by atoms with van der Waals surface area (Å²) in [5.74, 6) is 0. The highest BCUT2D eigenvalue weighted by molar-refractivity contribution is 7.85. The number of aliphatic hydroxyl groups is 1. The molecule has 0 bridgehead atoms. The van der Waals surface area contributed by atoms with E-state index in [0.29, 0.717) is 0 Å². The van der Waals surface area contributed by atoms with Crippen molar-refractivity contribution in [2.75, 3.05) is 0 Å². The number of hydrogen-bond acceptors (Lipinski definition) is 2. The van der Waals surface area contributed by atoms with Crippen LogP contribution in [-0.4, -0.2) is 28.7 Å². The van der Waals surface area contributed by atoms with Crippen LogP contribution < -0.4 is 0 Å². The third kappa shape index (κ3) is 4.67. The van der Waals surface area contributed by atoms with Crippen molar-refractivity contribution in [1.29, 1.82) is 0 Å². The second kappa shape index (κ2) is 6.13. The number of rotatable bonds is 5. The molecule has 0 saturated carbocycles. The van der Waals surface area contributed by atoms with Gasteiger partial charge in [-0.05, 0) is 32.0 Å². The van der Waals surface area contributed by atoms with Crippen molar-refractivity contribution >= 4 is 18.9 Å². The first-order valence-corrected chi connectivity index (χ1v) is 11.3. The van der Waals surface area contributed by atoms with E-state index in [1.54, 1.807) is 6.92 Å². The van der Waals surface area contributed by atoms with Gasteiger partial charge < -0.3 is 5.11 Å². The lowest BCUT2D eigenvalue weighted by molar-refractivity contribution is 0.194. The molecule has 0 aliphatic heterocycles. The molecule has 18 heavy (non-hydrogen) atoms. The van der Waals surface area contributed by atoms with Crippen LogP contribution in [0.5, 0.6) is 0 Å². The molecule has 1 rings (SSSR count). The minimum atomic E-state index is -1.34. The Bertz CT molecular complexity index is 407. The van der Waals surface area contributed by atoms with Crippen molar-refractivity contribution in [3.8, 4) is 0 Å². The van der Waals surface area contributed by atoms with Gasteiger partial charge in [-0.2, -0.15) is 0 Å². The van der Waals surface area contributed by atoms with E-state index >= 15 is 0 Å². The first-order chi connectivity index (χ1) is 8.20. The van der Waals surface area contributed by atoms with Crippen LogP contribution in [-0.2, 0) is 10.8 Å². The molecular formula is C14H24O2SSi. The van der Waals surface area contributed by atoms with Gasteiger partial charge in [0.05, 0.1) is 22.2 Å². The molecule has 1 N–H and O–H groups in total. The lowest BCUT2D eigenvalue weighted by Gasteiger charge is -2.26. The lowest BCUT2D eigenvalue weighted by atomic mass is 10.2. The summed E-state index contributed by atoms with van der Waals surface area (Å²) in [6.45, 7) is 10.5. The zero-order valence-corrected chi connectivity index (χ0v) is 13.8. The molecule has 0 spiro atoms. The lowest BCUT2D eigenvalue weighted by Crippen LogP contribution is -2.36. The van der Waals surface area contributed by atoms with Gasteiger partial charge in [-0.1, -0.05) is 37.3 Å². The minimum Gasteiger partial charge on any atom is -0.392 e. The highest BCUT2D eigenvalue weighted by atomic mass is 32.2. The van der Waals surface area contributed by atoms with E-state index in [1.165, 1.54) is 0 Å². The van der Waals surface area contributed by atoms with Crippen LogP contribution >= 0.6 is 0 Å². The fourth-order valence-electron chi connectivity index (χ4n) is 1.88. The molecule has 0 radical (unpaired) electrons. The van der Waals surface area contributed by atoms with E-state index in [2.05, 4.69) is 19.6 Å². The normalized spacial score (nSPS) is 17.2. The Morgan fingerprint density at radius 3 is 2.11 bits per heavy atom. The van der Waals surface area contributed by atoms with Gasteiger partial charge in [-0.25, -0.2) is 0 Å². The van der Waals surface area contributed by atoms with E-state index in [-0.39, 0.29) is 5.25 Å². The summed E-state index contributed by atoms with van der Waals surface area (Å²) in [4.78, 5) is 0.824. The maximum atomic E-state index is 12.5. The summed E-state index contributed by atoms with van der Waals surface area (Å²) >= 11 is 0. The van der Waals surface area contributed by atoms with Crippen molar-refractivity contribution in [2.45, 2.75) is 55.8 Å². The van der Waals surface area contributed by atoms with Crippen LogP contribution in [0.15, 0.2) is 29.2 Å². The van der Waals surface area contributed by atoms with Gasteiger partial charge in [-0.3, -0.25) is 4.21 Å². The first-order valence-electron chi connectivity index (χ1n) is 6.36. The second-order valence-electron chi connectivity index (χ2n) is 6.15. The average Bonchev–Trinajstić information content (AvgIpc) is 2.24. The summed E-state index contributed by atoms with van der Waals surface area (Å²) in [5.41, 5.74) is 1.16. The van der Waals surface area contributed by atoms with Crippen LogP contribution in [0.25, 0.3) is 0 Å². The molecule has 0 amide bonds. The van der Waals surface area contributed by atoms with E-state index in [0.717, 1.165) is 16.5 Å². The largest absolute Gasteiger partial charge is 0.392 e. The third-order valence-corrected chi connectivity index (χ3v) is 6.69. The van der Waals surface area contributed by atoms with Crippen LogP contribution in [0.3, 0.4) is 0 Å². The van der Waals surface area contributed by atoms with Crippen molar-refractivity contribution in [1.82, 2.24) is 0 Å². The predicted octanol–water partition coefficient (Wildman–Crippen LogP) is 3.19. The fraction of sp³-hybridized carbons (Fsp3) is 0.571. The summed E-state index contributed by atoms with van der Waals surface area (Å²) in [6.07, 6.45) is -0.529. The Morgan fingerprint density at radius 1 is 1.22 bits per heavy atom. The van der Waals surface area contributed by atoms with Gasteiger partial charge in [-0.15, -0.1) is 0 Å². The van der Waals surface area contributed by atoms with Gasteiger partial charge in [0, 0.05) is 13.0 Å². The standard InChI is InChI=1S/C14H24O2SSi/c1-11-6-8-13(9-7-11)17(16)14(12(2)15)10-18(3,4)5/h6-9,12,14-15H,10H2,1-5H3/t12-,14+,17?/m1/s1. The first kappa shape index (κ1) is 15.6. The van der Waals surface area contributed by atoms with Gasteiger partial charge in [0.1, 0.15) is 0 Å². The molecule has 1 aromatic rings. The Morgan fingerprint density at radius 2 is 1.72 bits per heavy atom. The summed E-state index contributed by atoms with van der Waals surface area (Å²) in [6, 6.07) is 8.64. The van der Waals surface area contributed by atoms with Crippen molar-refractivity contribution in [3.63, 3.8) is 0 Å².